The number of thiophene rings is 1. The molecular formula is C21H23F3N2O5S2. The van der Waals surface area contributed by atoms with Crippen molar-refractivity contribution in [3.8, 4) is 0 Å². The van der Waals surface area contributed by atoms with Crippen LogP contribution in [-0.4, -0.2) is 42.8 Å². The highest BCUT2D eigenvalue weighted by molar-refractivity contribution is 7.89. The molecule has 33 heavy (non-hydrogen) atoms. The minimum atomic E-state index is -4.54. The fourth-order valence-electron chi connectivity index (χ4n) is 3.32. The van der Waals surface area contributed by atoms with Crippen molar-refractivity contribution in [1.29, 1.82) is 0 Å². The van der Waals surface area contributed by atoms with Crippen molar-refractivity contribution in [3.63, 3.8) is 0 Å². The third-order valence-corrected chi connectivity index (χ3v) is 8.19. The molecule has 0 aliphatic carbocycles. The SMILES string of the molecule is C=CC(c1cccs1)S(=O)(=O)N1CCCC(C(=O)O)C1.NC(=O)c1ccccc1C(F)(F)F. The second kappa shape index (κ2) is 10.9. The zero-order valence-corrected chi connectivity index (χ0v) is 19.0. The lowest BCUT2D eigenvalue weighted by atomic mass is 10.0. The van der Waals surface area contributed by atoms with Crippen LogP contribution in [0, 0.1) is 5.92 Å². The van der Waals surface area contributed by atoms with Gasteiger partial charge in [0.15, 0.2) is 0 Å². The molecule has 2 aromatic rings. The lowest BCUT2D eigenvalue weighted by Crippen LogP contribution is -2.43. The Morgan fingerprint density at radius 2 is 1.91 bits per heavy atom. The number of rotatable bonds is 6. The van der Waals surface area contributed by atoms with Gasteiger partial charge in [0.2, 0.25) is 15.9 Å². The third kappa shape index (κ3) is 6.65. The maximum Gasteiger partial charge on any atom is 0.417 e. The molecule has 1 aliphatic heterocycles. The molecule has 2 atom stereocenters. The number of hydrogen-bond donors (Lipinski definition) is 2. The van der Waals surface area contributed by atoms with E-state index in [2.05, 4.69) is 6.58 Å². The van der Waals surface area contributed by atoms with Gasteiger partial charge in [-0.2, -0.15) is 13.2 Å². The second-order valence-electron chi connectivity index (χ2n) is 7.16. The van der Waals surface area contributed by atoms with E-state index in [9.17, 15) is 31.2 Å². The van der Waals surface area contributed by atoms with Gasteiger partial charge in [0.25, 0.3) is 0 Å². The van der Waals surface area contributed by atoms with Crippen molar-refractivity contribution in [1.82, 2.24) is 4.31 Å². The highest BCUT2D eigenvalue weighted by atomic mass is 32.2. The Balaban J connectivity index is 0.000000257. The first kappa shape index (κ1) is 26.6. The Morgan fingerprint density at radius 3 is 2.39 bits per heavy atom. The van der Waals surface area contributed by atoms with Gasteiger partial charge in [0.05, 0.1) is 17.0 Å². The van der Waals surface area contributed by atoms with E-state index in [4.69, 9.17) is 10.8 Å². The van der Waals surface area contributed by atoms with Crippen molar-refractivity contribution >= 4 is 33.2 Å². The normalized spacial score (nSPS) is 18.0. The number of nitrogens with two attached hydrogens (primary N) is 1. The minimum Gasteiger partial charge on any atom is -0.481 e. The number of sulfonamides is 1. The number of aliphatic carboxylic acids is 1. The van der Waals surface area contributed by atoms with Crippen LogP contribution in [0.25, 0.3) is 0 Å². The number of carbonyl (C=O) groups is 2. The summed E-state index contributed by atoms with van der Waals surface area (Å²) in [6, 6.07) is 7.95. The van der Waals surface area contributed by atoms with Crippen molar-refractivity contribution in [2.24, 2.45) is 11.7 Å². The summed E-state index contributed by atoms with van der Waals surface area (Å²) in [7, 11) is -3.60. The molecule has 3 rings (SSSR count). The van der Waals surface area contributed by atoms with Gasteiger partial charge in [-0.1, -0.05) is 24.3 Å². The van der Waals surface area contributed by atoms with Crippen LogP contribution >= 0.6 is 11.3 Å². The molecule has 1 saturated heterocycles. The van der Waals surface area contributed by atoms with E-state index in [1.165, 1.54) is 33.9 Å². The number of benzene rings is 1. The fourth-order valence-corrected chi connectivity index (χ4v) is 6.26. The molecule has 1 amide bonds. The standard InChI is InChI=1S/C13H17NO4S2.C8H6F3NO/c1-2-12(11-6-4-8-19-11)20(17,18)14-7-3-5-10(9-14)13(15)16;9-8(10,11)6-4-2-1-3-5(6)7(12)13/h2,4,6,8,10,12H,1,3,5,7,9H2,(H,15,16);1-4H,(H2,12,13). The molecule has 1 aromatic carbocycles. The summed E-state index contributed by atoms with van der Waals surface area (Å²) in [4.78, 5) is 22.4. The number of carbonyl (C=O) groups excluding carboxylic acids is 1. The average Bonchev–Trinajstić information content (AvgIpc) is 3.28. The van der Waals surface area contributed by atoms with Crippen LogP contribution in [0.3, 0.4) is 0 Å². The summed E-state index contributed by atoms with van der Waals surface area (Å²) in [5.41, 5.74) is 3.27. The molecule has 1 aliphatic rings. The van der Waals surface area contributed by atoms with Crippen LogP contribution < -0.4 is 5.73 Å². The van der Waals surface area contributed by atoms with Gasteiger partial charge in [0.1, 0.15) is 5.25 Å². The first-order valence-electron chi connectivity index (χ1n) is 9.73. The summed E-state index contributed by atoms with van der Waals surface area (Å²) in [5.74, 6) is -2.63. The smallest absolute Gasteiger partial charge is 0.417 e. The lowest BCUT2D eigenvalue weighted by Gasteiger charge is -2.31. The van der Waals surface area contributed by atoms with Crippen LogP contribution in [0.1, 0.15) is 38.9 Å². The quantitative estimate of drug-likeness (QED) is 0.579. The number of amides is 1. The zero-order valence-electron chi connectivity index (χ0n) is 17.4. The van der Waals surface area contributed by atoms with Crippen LogP contribution in [0.5, 0.6) is 0 Å². The number of carboxylic acids is 1. The maximum atomic E-state index is 12.7. The number of nitrogens with zero attached hydrogens (tertiary/aromatic N) is 1. The highest BCUT2D eigenvalue weighted by Gasteiger charge is 2.37. The van der Waals surface area contributed by atoms with E-state index in [1.54, 1.807) is 12.1 Å². The van der Waals surface area contributed by atoms with E-state index in [-0.39, 0.29) is 6.54 Å². The molecule has 180 valence electrons. The average molecular weight is 505 g/mol. The van der Waals surface area contributed by atoms with Gasteiger partial charge < -0.3 is 10.8 Å². The number of carboxylic acid groups (broad SMARTS) is 1. The molecule has 2 heterocycles. The molecule has 1 aromatic heterocycles. The van der Waals surface area contributed by atoms with Gasteiger partial charge >= 0.3 is 12.1 Å². The Morgan fingerprint density at radius 1 is 1.24 bits per heavy atom. The van der Waals surface area contributed by atoms with Gasteiger partial charge in [-0.25, -0.2) is 12.7 Å². The predicted molar refractivity (Wildman–Crippen MR) is 118 cm³/mol. The number of alkyl halides is 3. The van der Waals surface area contributed by atoms with Gasteiger partial charge in [-0.05, 0) is 36.4 Å². The molecule has 7 nitrogen and oxygen atoms in total. The lowest BCUT2D eigenvalue weighted by molar-refractivity contribution is -0.143. The summed E-state index contributed by atoms with van der Waals surface area (Å²) >= 11 is 1.36. The Bertz CT molecular complexity index is 1090. The molecule has 12 heteroatoms. The van der Waals surface area contributed by atoms with E-state index in [0.717, 1.165) is 12.1 Å². The molecule has 0 bridgehead atoms. The third-order valence-electron chi connectivity index (χ3n) is 4.95. The maximum absolute atomic E-state index is 12.7. The van der Waals surface area contributed by atoms with Crippen molar-refractivity contribution in [3.05, 3.63) is 70.4 Å². The molecule has 0 spiro atoms. The van der Waals surface area contributed by atoms with Gasteiger partial charge in [0, 0.05) is 18.0 Å². The highest BCUT2D eigenvalue weighted by Crippen LogP contribution is 2.33. The first-order chi connectivity index (χ1) is 15.4. The van der Waals surface area contributed by atoms with Gasteiger partial charge in [-0.15, -0.1) is 17.9 Å². The largest absolute Gasteiger partial charge is 0.481 e. The van der Waals surface area contributed by atoms with E-state index in [1.807, 2.05) is 5.38 Å². The zero-order chi connectivity index (χ0) is 24.8. The predicted octanol–water partition coefficient (Wildman–Crippen LogP) is 3.91. The molecule has 3 N–H and O–H groups in total. The molecular weight excluding hydrogens is 481 g/mol. The topological polar surface area (TPSA) is 118 Å². The Labute approximate surface area is 193 Å². The monoisotopic (exact) mass is 504 g/mol. The fraction of sp³-hybridized carbons (Fsp3) is 0.333. The number of primary amides is 1. The van der Waals surface area contributed by atoms with Crippen LogP contribution in [0.4, 0.5) is 13.2 Å². The van der Waals surface area contributed by atoms with Crippen molar-refractivity contribution < 1.29 is 36.3 Å². The number of piperidine rings is 1. The Hall–Kier alpha value is -2.70. The summed E-state index contributed by atoms with van der Waals surface area (Å²) in [6.07, 6.45) is -2.03. The summed E-state index contributed by atoms with van der Waals surface area (Å²) in [5, 5.41) is 10.1. The molecule has 0 saturated carbocycles. The van der Waals surface area contributed by atoms with E-state index >= 15 is 0 Å². The van der Waals surface area contributed by atoms with E-state index in [0.29, 0.717) is 24.3 Å². The summed E-state index contributed by atoms with van der Waals surface area (Å²) in [6.45, 7) is 4.04. The van der Waals surface area contributed by atoms with E-state index < -0.39 is 50.4 Å². The van der Waals surface area contributed by atoms with Crippen LogP contribution in [0.2, 0.25) is 0 Å². The summed E-state index contributed by atoms with van der Waals surface area (Å²) < 4.78 is 63.2. The van der Waals surface area contributed by atoms with Crippen molar-refractivity contribution in [2.45, 2.75) is 24.3 Å². The Kier molecular flexibility index (Phi) is 8.81. The first-order valence-corrected chi connectivity index (χ1v) is 12.1. The molecule has 1 fully saturated rings. The number of halogens is 3. The molecule has 2 unspecified atom stereocenters. The minimum absolute atomic E-state index is 0.0490. The van der Waals surface area contributed by atoms with Crippen molar-refractivity contribution in [2.75, 3.05) is 13.1 Å². The molecule has 0 radical (unpaired) electrons. The van der Waals surface area contributed by atoms with Crippen LogP contribution in [-0.2, 0) is 21.0 Å². The number of hydrogen-bond acceptors (Lipinski definition) is 5. The second-order valence-corrected chi connectivity index (χ2v) is 10.2. The van der Waals surface area contributed by atoms with Crippen LogP contribution in [0.15, 0.2) is 54.4 Å². The van der Waals surface area contributed by atoms with Gasteiger partial charge in [-0.3, -0.25) is 9.59 Å².